The van der Waals surface area contributed by atoms with Crippen LogP contribution in [-0.4, -0.2) is 54.4 Å². The quantitative estimate of drug-likeness (QED) is 0.914. The average molecular weight is 298 g/mol. The molecule has 2 aliphatic heterocycles. The Kier molecular flexibility index (Phi) is 3.83. The molecule has 0 aliphatic carbocycles. The molecule has 2 heterocycles. The lowest BCUT2D eigenvalue weighted by atomic mass is 10.1. The Hall–Kier alpha value is -1.30. The lowest BCUT2D eigenvalue weighted by molar-refractivity contribution is -0.156. The molecule has 3 rings (SSSR count). The van der Waals surface area contributed by atoms with Crippen molar-refractivity contribution >= 4 is 17.6 Å². The number of benzene rings is 1. The van der Waals surface area contributed by atoms with Crippen LogP contribution in [0.3, 0.4) is 0 Å². The second-order valence-electron chi connectivity index (χ2n) is 5.15. The van der Waals surface area contributed by atoms with Gasteiger partial charge in [-0.25, -0.2) is 4.79 Å². The topological polar surface area (TPSA) is 59.0 Å². The summed E-state index contributed by atoms with van der Waals surface area (Å²) in [4.78, 5) is 13.0. The van der Waals surface area contributed by atoms with Gasteiger partial charge in [0.25, 0.3) is 0 Å². The number of hydrogen-bond donors (Lipinski definition) is 1. The fourth-order valence-corrected chi connectivity index (χ4v) is 2.89. The highest BCUT2D eigenvalue weighted by molar-refractivity contribution is 6.30. The van der Waals surface area contributed by atoms with Gasteiger partial charge in [0.15, 0.2) is 6.10 Å². The average Bonchev–Trinajstić information content (AvgIpc) is 2.80. The van der Waals surface area contributed by atoms with Crippen LogP contribution in [0.5, 0.6) is 5.75 Å². The largest absolute Gasteiger partial charge is 0.488 e. The third-order valence-corrected chi connectivity index (χ3v) is 3.89. The molecule has 2 aliphatic rings. The summed E-state index contributed by atoms with van der Waals surface area (Å²) >= 11 is 5.97. The van der Waals surface area contributed by atoms with Gasteiger partial charge in [-0.15, -0.1) is 0 Å². The van der Waals surface area contributed by atoms with Gasteiger partial charge in [0.2, 0.25) is 0 Å². The second-order valence-corrected chi connectivity index (χ2v) is 5.59. The SMILES string of the molecule is O=C(O)C1CN(CC2Cc3cc(Cl)ccc3O2)CCO1. The molecule has 0 saturated carbocycles. The molecule has 6 heteroatoms. The van der Waals surface area contributed by atoms with E-state index in [1.807, 2.05) is 18.2 Å². The number of fused-ring (bicyclic) bond motifs is 1. The van der Waals surface area contributed by atoms with Gasteiger partial charge >= 0.3 is 5.97 Å². The second kappa shape index (κ2) is 5.60. The predicted octanol–water partition coefficient (Wildman–Crippen LogP) is 1.43. The standard InChI is InChI=1S/C14H16ClNO4/c15-10-1-2-12-9(5-10)6-11(20-12)7-16-3-4-19-13(8-16)14(17)18/h1-2,5,11,13H,3-4,6-8H2,(H,17,18). The number of carboxylic acids is 1. The highest BCUT2D eigenvalue weighted by atomic mass is 35.5. The minimum absolute atomic E-state index is 0.0519. The van der Waals surface area contributed by atoms with Crippen molar-refractivity contribution in [3.05, 3.63) is 28.8 Å². The summed E-state index contributed by atoms with van der Waals surface area (Å²) in [5.41, 5.74) is 1.12. The third kappa shape index (κ3) is 2.90. The molecule has 0 radical (unpaired) electrons. The molecule has 1 saturated heterocycles. The summed E-state index contributed by atoms with van der Waals surface area (Å²) in [6.45, 7) is 2.30. The van der Waals surface area contributed by atoms with E-state index >= 15 is 0 Å². The van der Waals surface area contributed by atoms with E-state index in [1.165, 1.54) is 0 Å². The molecule has 0 spiro atoms. The number of rotatable bonds is 3. The van der Waals surface area contributed by atoms with Crippen LogP contribution in [0.1, 0.15) is 5.56 Å². The molecule has 0 aromatic heterocycles. The molecule has 2 atom stereocenters. The van der Waals surface area contributed by atoms with Crippen molar-refractivity contribution in [1.29, 1.82) is 0 Å². The van der Waals surface area contributed by atoms with Crippen LogP contribution in [0, 0.1) is 0 Å². The van der Waals surface area contributed by atoms with Gasteiger partial charge in [-0.3, -0.25) is 4.90 Å². The molecule has 1 N–H and O–H groups in total. The molecule has 2 unspecified atom stereocenters. The molecule has 1 aromatic carbocycles. The number of carbonyl (C=O) groups is 1. The molecule has 108 valence electrons. The van der Waals surface area contributed by atoms with E-state index < -0.39 is 12.1 Å². The van der Waals surface area contributed by atoms with Crippen LogP contribution in [0.2, 0.25) is 5.02 Å². The first kappa shape index (κ1) is 13.7. The van der Waals surface area contributed by atoms with Crippen molar-refractivity contribution in [2.75, 3.05) is 26.2 Å². The molecule has 20 heavy (non-hydrogen) atoms. The highest BCUT2D eigenvalue weighted by Gasteiger charge is 2.30. The van der Waals surface area contributed by atoms with Gasteiger partial charge < -0.3 is 14.6 Å². The Balaban J connectivity index is 1.59. The first-order valence-corrected chi connectivity index (χ1v) is 7.01. The Morgan fingerprint density at radius 1 is 1.50 bits per heavy atom. The van der Waals surface area contributed by atoms with E-state index in [4.69, 9.17) is 26.2 Å². The number of ether oxygens (including phenoxy) is 2. The van der Waals surface area contributed by atoms with E-state index in [1.54, 1.807) is 0 Å². The van der Waals surface area contributed by atoms with Gasteiger partial charge in [-0.2, -0.15) is 0 Å². The summed E-state index contributed by atoms with van der Waals surface area (Å²) in [5.74, 6) is -0.0282. The predicted molar refractivity (Wildman–Crippen MR) is 73.4 cm³/mol. The summed E-state index contributed by atoms with van der Waals surface area (Å²) in [7, 11) is 0. The minimum atomic E-state index is -0.905. The van der Waals surface area contributed by atoms with Crippen LogP contribution in [-0.2, 0) is 16.0 Å². The minimum Gasteiger partial charge on any atom is -0.488 e. The Morgan fingerprint density at radius 2 is 2.35 bits per heavy atom. The van der Waals surface area contributed by atoms with Crippen LogP contribution in [0.25, 0.3) is 0 Å². The number of morpholine rings is 1. The molecule has 0 amide bonds. The highest BCUT2D eigenvalue weighted by Crippen LogP contribution is 2.31. The maximum Gasteiger partial charge on any atom is 0.334 e. The van der Waals surface area contributed by atoms with Crippen LogP contribution < -0.4 is 4.74 Å². The lowest BCUT2D eigenvalue weighted by Crippen LogP contribution is -2.49. The Labute approximate surface area is 122 Å². The third-order valence-electron chi connectivity index (χ3n) is 3.65. The van der Waals surface area contributed by atoms with Gasteiger partial charge in [-0.1, -0.05) is 11.6 Å². The fraction of sp³-hybridized carbons (Fsp3) is 0.500. The summed E-state index contributed by atoms with van der Waals surface area (Å²) in [6, 6.07) is 5.63. The van der Waals surface area contributed by atoms with Crippen molar-refractivity contribution in [3.63, 3.8) is 0 Å². The Bertz CT molecular complexity index is 522. The van der Waals surface area contributed by atoms with Crippen LogP contribution in [0.4, 0.5) is 0 Å². The van der Waals surface area contributed by atoms with Crippen molar-refractivity contribution in [2.45, 2.75) is 18.6 Å². The van der Waals surface area contributed by atoms with E-state index in [9.17, 15) is 4.79 Å². The van der Waals surface area contributed by atoms with Gasteiger partial charge in [0.1, 0.15) is 11.9 Å². The van der Waals surface area contributed by atoms with Crippen molar-refractivity contribution in [2.24, 2.45) is 0 Å². The van der Waals surface area contributed by atoms with E-state index in [2.05, 4.69) is 4.90 Å². The number of aliphatic carboxylic acids is 1. The van der Waals surface area contributed by atoms with Crippen molar-refractivity contribution in [1.82, 2.24) is 4.90 Å². The lowest BCUT2D eigenvalue weighted by Gasteiger charge is -2.32. The van der Waals surface area contributed by atoms with E-state index in [-0.39, 0.29) is 6.10 Å². The fourth-order valence-electron chi connectivity index (χ4n) is 2.70. The smallest absolute Gasteiger partial charge is 0.334 e. The maximum atomic E-state index is 11.0. The molecule has 1 aromatic rings. The van der Waals surface area contributed by atoms with Crippen molar-refractivity contribution in [3.8, 4) is 5.75 Å². The van der Waals surface area contributed by atoms with Gasteiger partial charge in [-0.05, 0) is 23.8 Å². The van der Waals surface area contributed by atoms with Crippen molar-refractivity contribution < 1.29 is 19.4 Å². The number of halogens is 1. The van der Waals surface area contributed by atoms with Crippen LogP contribution >= 0.6 is 11.6 Å². The number of hydrogen-bond acceptors (Lipinski definition) is 4. The molecule has 0 bridgehead atoms. The molecule has 5 nitrogen and oxygen atoms in total. The zero-order valence-electron chi connectivity index (χ0n) is 10.9. The number of nitrogens with zero attached hydrogens (tertiary/aromatic N) is 1. The molecular weight excluding hydrogens is 282 g/mol. The summed E-state index contributed by atoms with van der Waals surface area (Å²) < 4.78 is 11.1. The molecule has 1 fully saturated rings. The van der Waals surface area contributed by atoms with Gasteiger partial charge in [0, 0.05) is 31.1 Å². The zero-order chi connectivity index (χ0) is 14.1. The molecular formula is C14H16ClNO4. The first-order valence-electron chi connectivity index (χ1n) is 6.63. The van der Waals surface area contributed by atoms with E-state index in [0.717, 1.165) is 24.3 Å². The monoisotopic (exact) mass is 297 g/mol. The zero-order valence-corrected chi connectivity index (χ0v) is 11.7. The first-order chi connectivity index (χ1) is 9.61. The summed E-state index contributed by atoms with van der Waals surface area (Å²) in [5, 5.41) is 9.71. The maximum absolute atomic E-state index is 11.0. The van der Waals surface area contributed by atoms with Crippen LogP contribution in [0.15, 0.2) is 18.2 Å². The summed E-state index contributed by atoms with van der Waals surface area (Å²) in [6.07, 6.45) is 0.128. The van der Waals surface area contributed by atoms with E-state index in [0.29, 0.717) is 24.7 Å². The normalized spacial score (nSPS) is 26.1. The van der Waals surface area contributed by atoms with Gasteiger partial charge in [0.05, 0.1) is 6.61 Å². The number of carboxylic acid groups (broad SMARTS) is 1. The Morgan fingerprint density at radius 3 is 3.15 bits per heavy atom.